The van der Waals surface area contributed by atoms with Crippen molar-refractivity contribution in [2.75, 3.05) is 18.0 Å². The number of anilines is 1. The van der Waals surface area contributed by atoms with E-state index in [2.05, 4.69) is 15.3 Å². The summed E-state index contributed by atoms with van der Waals surface area (Å²) in [6.45, 7) is 1.47. The van der Waals surface area contributed by atoms with Crippen LogP contribution in [0.1, 0.15) is 19.3 Å². The Kier molecular flexibility index (Phi) is 5.04. The minimum atomic E-state index is -0.897. The van der Waals surface area contributed by atoms with Gasteiger partial charge in [0.25, 0.3) is 0 Å². The maximum absolute atomic E-state index is 11.9. The maximum atomic E-state index is 11.9. The molecule has 2 heterocycles. The summed E-state index contributed by atoms with van der Waals surface area (Å²) in [5.74, 6) is -0.284. The first-order chi connectivity index (χ1) is 10.1. The van der Waals surface area contributed by atoms with Gasteiger partial charge in [0.2, 0.25) is 17.8 Å². The number of nitrogens with one attached hydrogen (secondary N) is 1. The van der Waals surface area contributed by atoms with Crippen LogP contribution in [0.25, 0.3) is 0 Å². The Morgan fingerprint density at radius 2 is 2.14 bits per heavy atom. The Labute approximate surface area is 122 Å². The molecular formula is C13H20N6O2. The lowest BCUT2D eigenvalue weighted by atomic mass is 10.1. The van der Waals surface area contributed by atoms with E-state index in [0.29, 0.717) is 12.5 Å². The van der Waals surface area contributed by atoms with Gasteiger partial charge in [-0.15, -0.1) is 0 Å². The van der Waals surface area contributed by atoms with Crippen LogP contribution in [0.3, 0.4) is 0 Å². The molecule has 1 saturated heterocycles. The SMILES string of the molecule is NC(=O)CC(N)C(=O)NC1CCCN(c2ncccn2)C1. The van der Waals surface area contributed by atoms with Gasteiger partial charge in [0.1, 0.15) is 0 Å². The Morgan fingerprint density at radius 1 is 1.43 bits per heavy atom. The summed E-state index contributed by atoms with van der Waals surface area (Å²) in [7, 11) is 0. The molecule has 2 unspecified atom stereocenters. The van der Waals surface area contributed by atoms with Gasteiger partial charge in [0.15, 0.2) is 0 Å². The van der Waals surface area contributed by atoms with Crippen LogP contribution in [-0.2, 0) is 9.59 Å². The van der Waals surface area contributed by atoms with Gasteiger partial charge in [0.05, 0.1) is 12.5 Å². The van der Waals surface area contributed by atoms with Gasteiger partial charge in [-0.2, -0.15) is 0 Å². The second kappa shape index (κ2) is 6.98. The summed E-state index contributed by atoms with van der Waals surface area (Å²) in [4.78, 5) is 33.1. The highest BCUT2D eigenvalue weighted by atomic mass is 16.2. The van der Waals surface area contributed by atoms with Crippen molar-refractivity contribution >= 4 is 17.8 Å². The second-order valence-corrected chi connectivity index (χ2v) is 5.12. The predicted molar refractivity (Wildman–Crippen MR) is 77.2 cm³/mol. The number of carbonyl (C=O) groups is 2. The van der Waals surface area contributed by atoms with Crippen LogP contribution in [0.15, 0.2) is 18.5 Å². The Balaban J connectivity index is 1.89. The molecule has 0 radical (unpaired) electrons. The van der Waals surface area contributed by atoms with Crippen molar-refractivity contribution in [3.8, 4) is 0 Å². The van der Waals surface area contributed by atoms with E-state index >= 15 is 0 Å². The first-order valence-corrected chi connectivity index (χ1v) is 6.92. The fourth-order valence-electron chi connectivity index (χ4n) is 2.35. The molecule has 1 aliphatic heterocycles. The summed E-state index contributed by atoms with van der Waals surface area (Å²) in [5, 5.41) is 2.85. The number of hydrogen-bond donors (Lipinski definition) is 3. The molecule has 2 rings (SSSR count). The molecule has 2 amide bonds. The molecule has 21 heavy (non-hydrogen) atoms. The van der Waals surface area contributed by atoms with E-state index in [4.69, 9.17) is 11.5 Å². The zero-order chi connectivity index (χ0) is 15.2. The summed E-state index contributed by atoms with van der Waals surface area (Å²) < 4.78 is 0. The molecule has 0 aliphatic carbocycles. The maximum Gasteiger partial charge on any atom is 0.237 e. The minimum Gasteiger partial charge on any atom is -0.370 e. The lowest BCUT2D eigenvalue weighted by molar-refractivity contribution is -0.126. The van der Waals surface area contributed by atoms with E-state index in [1.54, 1.807) is 18.5 Å². The monoisotopic (exact) mass is 292 g/mol. The average Bonchev–Trinajstić information content (AvgIpc) is 2.47. The van der Waals surface area contributed by atoms with Crippen LogP contribution >= 0.6 is 0 Å². The number of hydrogen-bond acceptors (Lipinski definition) is 6. The molecule has 0 saturated carbocycles. The van der Waals surface area contributed by atoms with Gasteiger partial charge in [-0.3, -0.25) is 9.59 Å². The number of nitrogens with two attached hydrogens (primary N) is 2. The molecule has 1 aliphatic rings. The van der Waals surface area contributed by atoms with Crippen molar-refractivity contribution in [3.05, 3.63) is 18.5 Å². The average molecular weight is 292 g/mol. The first kappa shape index (κ1) is 15.2. The number of carbonyl (C=O) groups excluding carboxylic acids is 2. The Bertz CT molecular complexity index is 495. The zero-order valence-corrected chi connectivity index (χ0v) is 11.7. The van der Waals surface area contributed by atoms with Gasteiger partial charge in [0, 0.05) is 31.5 Å². The van der Waals surface area contributed by atoms with Crippen LogP contribution in [0, 0.1) is 0 Å². The van der Waals surface area contributed by atoms with E-state index in [-0.39, 0.29) is 18.4 Å². The molecule has 2 atom stereocenters. The number of rotatable bonds is 5. The fourth-order valence-corrected chi connectivity index (χ4v) is 2.35. The van der Waals surface area contributed by atoms with Crippen LogP contribution in [0.4, 0.5) is 5.95 Å². The van der Waals surface area contributed by atoms with Gasteiger partial charge < -0.3 is 21.7 Å². The molecule has 8 heteroatoms. The van der Waals surface area contributed by atoms with Gasteiger partial charge in [-0.05, 0) is 18.9 Å². The van der Waals surface area contributed by atoms with Crippen LogP contribution in [0.5, 0.6) is 0 Å². The lowest BCUT2D eigenvalue weighted by Gasteiger charge is -2.33. The third-order valence-corrected chi connectivity index (χ3v) is 3.36. The highest BCUT2D eigenvalue weighted by molar-refractivity contribution is 5.87. The molecule has 5 N–H and O–H groups in total. The summed E-state index contributed by atoms with van der Waals surface area (Å²) >= 11 is 0. The zero-order valence-electron chi connectivity index (χ0n) is 11.7. The van der Waals surface area contributed by atoms with Crippen molar-refractivity contribution in [2.45, 2.75) is 31.3 Å². The van der Waals surface area contributed by atoms with E-state index < -0.39 is 11.9 Å². The third-order valence-electron chi connectivity index (χ3n) is 3.36. The number of aromatic nitrogens is 2. The highest BCUT2D eigenvalue weighted by Crippen LogP contribution is 2.15. The van der Waals surface area contributed by atoms with Crippen molar-refractivity contribution in [2.24, 2.45) is 11.5 Å². The summed E-state index contributed by atoms with van der Waals surface area (Å²) in [5.41, 5.74) is 10.7. The number of primary amides is 1. The Hall–Kier alpha value is -2.22. The molecule has 8 nitrogen and oxygen atoms in total. The Morgan fingerprint density at radius 3 is 2.81 bits per heavy atom. The van der Waals surface area contributed by atoms with Crippen molar-refractivity contribution in [1.82, 2.24) is 15.3 Å². The molecule has 1 aromatic rings. The van der Waals surface area contributed by atoms with E-state index in [9.17, 15) is 9.59 Å². The summed E-state index contributed by atoms with van der Waals surface area (Å²) in [6, 6.07) is 0.829. The molecular weight excluding hydrogens is 272 g/mol. The number of amides is 2. The second-order valence-electron chi connectivity index (χ2n) is 5.12. The van der Waals surface area contributed by atoms with Crippen molar-refractivity contribution in [1.29, 1.82) is 0 Å². The quantitative estimate of drug-likeness (QED) is 0.623. The summed E-state index contributed by atoms with van der Waals surface area (Å²) in [6.07, 6.45) is 5.01. The molecule has 0 spiro atoms. The predicted octanol–water partition coefficient (Wildman–Crippen LogP) is -1.24. The molecule has 0 bridgehead atoms. The molecule has 114 valence electrons. The fraction of sp³-hybridized carbons (Fsp3) is 0.538. The topological polar surface area (TPSA) is 127 Å². The van der Waals surface area contributed by atoms with Crippen LogP contribution in [-0.4, -0.2) is 47.0 Å². The highest BCUT2D eigenvalue weighted by Gasteiger charge is 2.25. The van der Waals surface area contributed by atoms with Gasteiger partial charge in [-0.1, -0.05) is 0 Å². The van der Waals surface area contributed by atoms with E-state index in [1.165, 1.54) is 0 Å². The largest absolute Gasteiger partial charge is 0.370 e. The number of piperidine rings is 1. The van der Waals surface area contributed by atoms with Crippen molar-refractivity contribution in [3.63, 3.8) is 0 Å². The van der Waals surface area contributed by atoms with Crippen LogP contribution < -0.4 is 21.7 Å². The number of nitrogens with zero attached hydrogens (tertiary/aromatic N) is 3. The normalized spacial score (nSPS) is 19.9. The minimum absolute atomic E-state index is 0.0333. The van der Waals surface area contributed by atoms with Crippen molar-refractivity contribution < 1.29 is 9.59 Å². The standard InChI is InChI=1S/C13H20N6O2/c14-10(7-11(15)20)12(21)18-9-3-1-6-19(8-9)13-16-4-2-5-17-13/h2,4-5,9-10H,1,3,6-8,14H2,(H2,15,20)(H,18,21). The molecule has 1 aromatic heterocycles. The third kappa shape index (κ3) is 4.38. The van der Waals surface area contributed by atoms with Crippen LogP contribution in [0.2, 0.25) is 0 Å². The van der Waals surface area contributed by atoms with Gasteiger partial charge >= 0.3 is 0 Å². The molecule has 1 fully saturated rings. The smallest absolute Gasteiger partial charge is 0.237 e. The first-order valence-electron chi connectivity index (χ1n) is 6.92. The lowest BCUT2D eigenvalue weighted by Crippen LogP contribution is -2.52. The molecule has 0 aromatic carbocycles. The van der Waals surface area contributed by atoms with E-state index in [1.807, 2.05) is 4.90 Å². The van der Waals surface area contributed by atoms with E-state index in [0.717, 1.165) is 19.4 Å². The van der Waals surface area contributed by atoms with Gasteiger partial charge in [-0.25, -0.2) is 9.97 Å².